The molecule has 0 amide bonds. The van der Waals surface area contributed by atoms with Crippen molar-refractivity contribution in [2.24, 2.45) is 0 Å². The molecule has 0 bridgehead atoms. The van der Waals surface area contributed by atoms with Crippen LogP contribution in [0, 0.1) is 4.77 Å². The maximum absolute atomic E-state index is 13.3. The quantitative estimate of drug-likeness (QED) is 0.420. The van der Waals surface area contributed by atoms with Crippen molar-refractivity contribution >= 4 is 40.7 Å². The van der Waals surface area contributed by atoms with E-state index in [1.165, 1.54) is 0 Å². The molecule has 8 heteroatoms. The number of fused-ring (bicyclic) bond motifs is 1. The van der Waals surface area contributed by atoms with Gasteiger partial charge in [-0.1, -0.05) is 42.5 Å². The highest BCUT2D eigenvalue weighted by atomic mass is 32.1. The van der Waals surface area contributed by atoms with Gasteiger partial charge in [0.1, 0.15) is 5.69 Å². The second kappa shape index (κ2) is 7.46. The van der Waals surface area contributed by atoms with Crippen LogP contribution in [0.3, 0.4) is 0 Å². The molecule has 0 aliphatic carbocycles. The predicted octanol–water partition coefficient (Wildman–Crippen LogP) is 3.10. The van der Waals surface area contributed by atoms with E-state index in [0.29, 0.717) is 10.9 Å². The third-order valence-corrected chi connectivity index (χ3v) is 4.16. The van der Waals surface area contributed by atoms with Crippen LogP contribution < -0.4 is 0 Å². The summed E-state index contributed by atoms with van der Waals surface area (Å²) in [5.74, 6) is -2.31. The number of aromatic nitrogens is 2. The van der Waals surface area contributed by atoms with Gasteiger partial charge in [0.05, 0.1) is 19.8 Å². The summed E-state index contributed by atoms with van der Waals surface area (Å²) in [6, 6.07) is 12.4. The third-order valence-electron chi connectivity index (χ3n) is 3.96. The molecule has 3 aromatic rings. The molecule has 1 heterocycles. The lowest BCUT2D eigenvalue weighted by atomic mass is 9.95. The van der Waals surface area contributed by atoms with E-state index in [1.807, 2.05) is 18.2 Å². The van der Waals surface area contributed by atoms with Crippen LogP contribution in [0.1, 0.15) is 36.9 Å². The number of ether oxygens (including phenoxy) is 2. The number of benzene rings is 2. The second-order valence-electron chi connectivity index (χ2n) is 5.48. The molecule has 0 aliphatic rings. The zero-order valence-corrected chi connectivity index (χ0v) is 15.3. The Balaban J connectivity index is 2.34. The van der Waals surface area contributed by atoms with Gasteiger partial charge in [0.25, 0.3) is 0 Å². The number of methoxy groups -OCH3 is 2. The van der Waals surface area contributed by atoms with Crippen molar-refractivity contribution in [1.29, 1.82) is 0 Å². The zero-order valence-electron chi connectivity index (χ0n) is 14.4. The Kier molecular flexibility index (Phi) is 5.09. The highest BCUT2D eigenvalue weighted by Crippen LogP contribution is 2.24. The van der Waals surface area contributed by atoms with Gasteiger partial charge in [-0.15, -0.1) is 0 Å². The average Bonchev–Trinajstić information content (AvgIpc) is 2.70. The van der Waals surface area contributed by atoms with Crippen molar-refractivity contribution < 1.29 is 23.9 Å². The van der Waals surface area contributed by atoms with E-state index in [-0.39, 0.29) is 21.7 Å². The average molecular weight is 382 g/mol. The number of hydrogen-bond donors (Lipinski definition) is 1. The minimum atomic E-state index is -0.885. The van der Waals surface area contributed by atoms with Gasteiger partial charge in [0.15, 0.2) is 16.2 Å². The molecule has 0 saturated carbocycles. The van der Waals surface area contributed by atoms with Gasteiger partial charge in [0, 0.05) is 5.56 Å². The lowest BCUT2D eigenvalue weighted by Crippen LogP contribution is -2.21. The Morgan fingerprint density at radius 1 is 0.963 bits per heavy atom. The second-order valence-corrected chi connectivity index (χ2v) is 5.87. The number of aromatic amines is 1. The lowest BCUT2D eigenvalue weighted by molar-refractivity contribution is 0.0582. The van der Waals surface area contributed by atoms with Gasteiger partial charge in [0.2, 0.25) is 0 Å². The number of carbonyl (C=O) groups excluding carboxylic acids is 3. The highest BCUT2D eigenvalue weighted by Gasteiger charge is 2.29. The molecule has 0 spiro atoms. The van der Waals surface area contributed by atoms with Gasteiger partial charge < -0.3 is 14.5 Å². The van der Waals surface area contributed by atoms with Crippen molar-refractivity contribution in [3.8, 4) is 0 Å². The standard InChI is InChI=1S/C19H14N2O5S/c1-25-17(23)14-13(15(18(24)26-2)21-19(27)20-14)16(22)12-9-5-7-10-6-3-4-8-11(10)12/h3-9H,1-2H3,(H,20,21,27). The number of rotatable bonds is 4. The molecule has 1 N–H and O–H groups in total. The molecule has 27 heavy (non-hydrogen) atoms. The van der Waals surface area contributed by atoms with Crippen LogP contribution in [0.4, 0.5) is 0 Å². The minimum Gasteiger partial charge on any atom is -0.464 e. The first-order valence-corrected chi connectivity index (χ1v) is 8.22. The summed E-state index contributed by atoms with van der Waals surface area (Å²) >= 11 is 4.97. The Hall–Kier alpha value is -3.39. The van der Waals surface area contributed by atoms with Gasteiger partial charge >= 0.3 is 11.9 Å². The number of hydrogen-bond acceptors (Lipinski definition) is 7. The van der Waals surface area contributed by atoms with Crippen LogP contribution in [-0.2, 0) is 9.47 Å². The summed E-state index contributed by atoms with van der Waals surface area (Å²) in [5, 5.41) is 1.50. The number of ketones is 1. The van der Waals surface area contributed by atoms with Crippen LogP contribution in [0.5, 0.6) is 0 Å². The largest absolute Gasteiger partial charge is 0.464 e. The van der Waals surface area contributed by atoms with Gasteiger partial charge in [-0.3, -0.25) is 4.79 Å². The molecule has 0 fully saturated rings. The molecule has 1 aromatic heterocycles. The Labute approximate surface area is 159 Å². The lowest BCUT2D eigenvalue weighted by Gasteiger charge is -2.12. The van der Waals surface area contributed by atoms with E-state index < -0.39 is 17.7 Å². The van der Waals surface area contributed by atoms with E-state index in [9.17, 15) is 14.4 Å². The van der Waals surface area contributed by atoms with E-state index >= 15 is 0 Å². The minimum absolute atomic E-state index is 0.148. The van der Waals surface area contributed by atoms with Crippen molar-refractivity contribution in [3.05, 3.63) is 69.8 Å². The fourth-order valence-corrected chi connectivity index (χ4v) is 2.95. The number of esters is 2. The molecule has 0 atom stereocenters. The van der Waals surface area contributed by atoms with E-state index in [1.54, 1.807) is 24.3 Å². The first-order chi connectivity index (χ1) is 13.0. The molecular formula is C19H14N2O5S. The van der Waals surface area contributed by atoms with Crippen molar-refractivity contribution in [2.75, 3.05) is 14.2 Å². The van der Waals surface area contributed by atoms with Gasteiger partial charge in [-0.05, 0) is 23.0 Å². The molecule has 0 radical (unpaired) electrons. The predicted molar refractivity (Wildman–Crippen MR) is 99.5 cm³/mol. The Morgan fingerprint density at radius 2 is 1.63 bits per heavy atom. The van der Waals surface area contributed by atoms with Gasteiger partial charge in [-0.2, -0.15) is 0 Å². The summed E-state index contributed by atoms with van der Waals surface area (Å²) in [5.41, 5.74) is -0.551. The van der Waals surface area contributed by atoms with Crippen molar-refractivity contribution in [1.82, 2.24) is 9.97 Å². The van der Waals surface area contributed by atoms with Crippen LogP contribution in [0.2, 0.25) is 0 Å². The first kappa shape index (κ1) is 18.4. The summed E-state index contributed by atoms with van der Waals surface area (Å²) < 4.78 is 9.29. The summed E-state index contributed by atoms with van der Waals surface area (Å²) in [6.07, 6.45) is 0. The van der Waals surface area contributed by atoms with Crippen LogP contribution >= 0.6 is 12.2 Å². The number of nitrogens with zero attached hydrogens (tertiary/aromatic N) is 1. The fourth-order valence-electron chi connectivity index (χ4n) is 2.75. The maximum atomic E-state index is 13.3. The summed E-state index contributed by atoms with van der Waals surface area (Å²) in [6.45, 7) is 0. The number of H-pyrrole nitrogens is 1. The normalized spacial score (nSPS) is 10.4. The first-order valence-electron chi connectivity index (χ1n) is 7.81. The number of nitrogens with one attached hydrogen (secondary N) is 1. The van der Waals surface area contributed by atoms with Crippen LogP contribution in [-0.4, -0.2) is 41.9 Å². The number of carbonyl (C=O) groups is 3. The van der Waals surface area contributed by atoms with Gasteiger partial charge in [-0.25, -0.2) is 14.6 Å². The molecule has 2 aromatic carbocycles. The molecule has 0 saturated heterocycles. The molecular weight excluding hydrogens is 368 g/mol. The van der Waals surface area contributed by atoms with Crippen LogP contribution in [0.15, 0.2) is 42.5 Å². The SMILES string of the molecule is COC(=O)c1nc(=S)[nH]c(C(=O)OC)c1C(=O)c1cccc2ccccc12. The smallest absolute Gasteiger partial charge is 0.357 e. The monoisotopic (exact) mass is 382 g/mol. The molecule has 0 aliphatic heterocycles. The summed E-state index contributed by atoms with van der Waals surface area (Å²) in [7, 11) is 2.30. The van der Waals surface area contributed by atoms with E-state index in [4.69, 9.17) is 21.7 Å². The molecule has 7 nitrogen and oxygen atoms in total. The fraction of sp³-hybridized carbons (Fsp3) is 0.105. The third kappa shape index (κ3) is 3.34. The van der Waals surface area contributed by atoms with Crippen LogP contribution in [0.25, 0.3) is 10.8 Å². The topological polar surface area (TPSA) is 98.3 Å². The Bertz CT molecular complexity index is 1090. The molecule has 0 unspecified atom stereocenters. The van der Waals surface area contributed by atoms with Crippen molar-refractivity contribution in [3.63, 3.8) is 0 Å². The maximum Gasteiger partial charge on any atom is 0.357 e. The molecule has 136 valence electrons. The van der Waals surface area contributed by atoms with Crippen molar-refractivity contribution in [2.45, 2.75) is 0 Å². The van der Waals surface area contributed by atoms with E-state index in [2.05, 4.69) is 9.97 Å². The summed E-state index contributed by atoms with van der Waals surface area (Å²) in [4.78, 5) is 44.2. The Morgan fingerprint density at radius 3 is 2.33 bits per heavy atom. The molecule has 3 rings (SSSR count). The highest BCUT2D eigenvalue weighted by molar-refractivity contribution is 7.71. The van der Waals surface area contributed by atoms with E-state index in [0.717, 1.165) is 19.6 Å². The zero-order chi connectivity index (χ0) is 19.6.